The number of nitrogens with zero attached hydrogens (tertiary/aromatic N) is 1. The molecule has 0 saturated carbocycles. The quantitative estimate of drug-likeness (QED) is 0.354. The monoisotopic (exact) mass is 520 g/mol. The minimum Gasteiger partial charge on any atom is -0.497 e. The molecule has 39 heavy (non-hydrogen) atoms. The summed E-state index contributed by atoms with van der Waals surface area (Å²) in [6.07, 6.45) is 2.43. The maximum atomic E-state index is 14.3. The molecule has 2 saturated heterocycles. The number of ether oxygens (including phenoxy) is 1. The highest BCUT2D eigenvalue weighted by atomic mass is 16.5. The second kappa shape index (κ2) is 8.28. The van der Waals surface area contributed by atoms with E-state index in [9.17, 15) is 14.4 Å². The van der Waals surface area contributed by atoms with Crippen molar-refractivity contribution in [2.45, 2.75) is 31.8 Å². The van der Waals surface area contributed by atoms with Crippen LogP contribution in [0.15, 0.2) is 66.9 Å². The zero-order valence-corrected chi connectivity index (χ0v) is 21.9. The van der Waals surface area contributed by atoms with E-state index in [1.807, 2.05) is 56.4 Å². The summed E-state index contributed by atoms with van der Waals surface area (Å²) in [5, 5.41) is 7.68. The summed E-state index contributed by atoms with van der Waals surface area (Å²) < 4.78 is 5.36. The molecule has 196 valence electrons. The molecule has 4 atom stereocenters. The molecule has 7 rings (SSSR count). The lowest BCUT2D eigenvalue weighted by atomic mass is 9.75. The molecular weight excluding hydrogens is 492 g/mol. The molecule has 0 aliphatic carbocycles. The lowest BCUT2D eigenvalue weighted by molar-refractivity contribution is -0.130. The standard InChI is InChI=1S/C31H28N4O4/c1-16-11-12-22-27(17(16)2)33-30(38)31(22)26-25(24(34-31)13-18-15-32-23-10-5-4-9-21(18)23)28(36)35(29(26)37)19-7-6-8-20(14-19)39-3/h4-12,14-15,24-26,32,34H,13H2,1-3H3,(H,33,38). The van der Waals surface area contributed by atoms with Crippen molar-refractivity contribution in [2.75, 3.05) is 17.3 Å². The van der Waals surface area contributed by atoms with E-state index in [0.29, 0.717) is 17.9 Å². The fourth-order valence-electron chi connectivity index (χ4n) is 6.84. The van der Waals surface area contributed by atoms with Gasteiger partial charge in [-0.1, -0.05) is 36.4 Å². The van der Waals surface area contributed by atoms with E-state index in [4.69, 9.17) is 4.74 Å². The SMILES string of the molecule is COc1cccc(N2C(=O)C3C(Cc4c[nH]c5ccccc45)NC4(C(=O)Nc5c4ccc(C)c5C)C3C2=O)c1. The number of nitrogens with one attached hydrogen (secondary N) is 3. The molecule has 0 bridgehead atoms. The van der Waals surface area contributed by atoms with Crippen LogP contribution < -0.4 is 20.3 Å². The van der Waals surface area contributed by atoms with Crippen LogP contribution in [0.4, 0.5) is 11.4 Å². The molecule has 1 spiro atoms. The Kier molecular flexibility index (Phi) is 5.03. The van der Waals surface area contributed by atoms with Gasteiger partial charge < -0.3 is 15.0 Å². The molecule has 8 heteroatoms. The van der Waals surface area contributed by atoms with Gasteiger partial charge in [0.2, 0.25) is 17.7 Å². The number of aromatic nitrogens is 1. The first-order valence-electron chi connectivity index (χ1n) is 13.1. The van der Waals surface area contributed by atoms with E-state index >= 15 is 0 Å². The van der Waals surface area contributed by atoms with E-state index < -0.39 is 23.4 Å². The maximum Gasteiger partial charge on any atom is 0.250 e. The van der Waals surface area contributed by atoms with Crippen molar-refractivity contribution in [1.82, 2.24) is 10.3 Å². The second-order valence-electron chi connectivity index (χ2n) is 10.7. The Hall–Kier alpha value is -4.43. The average Bonchev–Trinajstić information content (AvgIpc) is 3.65. The molecule has 1 aromatic heterocycles. The first-order chi connectivity index (χ1) is 18.8. The fourth-order valence-corrected chi connectivity index (χ4v) is 6.84. The number of carbonyl (C=O) groups excluding carboxylic acids is 3. The summed E-state index contributed by atoms with van der Waals surface area (Å²) in [7, 11) is 1.54. The van der Waals surface area contributed by atoms with Crippen LogP contribution in [-0.2, 0) is 26.3 Å². The summed E-state index contributed by atoms with van der Waals surface area (Å²) in [4.78, 5) is 46.9. The van der Waals surface area contributed by atoms with Gasteiger partial charge in [0.15, 0.2) is 0 Å². The van der Waals surface area contributed by atoms with Crippen molar-refractivity contribution in [1.29, 1.82) is 0 Å². The van der Waals surface area contributed by atoms with E-state index in [1.165, 1.54) is 4.90 Å². The number of benzene rings is 3. The van der Waals surface area contributed by atoms with Crippen molar-refractivity contribution < 1.29 is 19.1 Å². The van der Waals surface area contributed by atoms with Crippen molar-refractivity contribution in [3.05, 3.63) is 89.1 Å². The third kappa shape index (κ3) is 3.12. The number of aryl methyl sites for hydroxylation is 1. The van der Waals surface area contributed by atoms with E-state index in [0.717, 1.165) is 38.8 Å². The summed E-state index contributed by atoms with van der Waals surface area (Å²) in [6.45, 7) is 3.96. The number of carbonyl (C=O) groups is 3. The van der Waals surface area contributed by atoms with E-state index in [1.54, 1.807) is 31.4 Å². The summed E-state index contributed by atoms with van der Waals surface area (Å²) >= 11 is 0. The average molecular weight is 521 g/mol. The molecule has 2 fully saturated rings. The van der Waals surface area contributed by atoms with Crippen molar-refractivity contribution in [3.63, 3.8) is 0 Å². The number of fused-ring (bicyclic) bond motifs is 5. The van der Waals surface area contributed by atoms with Crippen LogP contribution in [0.1, 0.15) is 22.3 Å². The second-order valence-corrected chi connectivity index (χ2v) is 10.7. The first-order valence-corrected chi connectivity index (χ1v) is 13.1. The Morgan fingerprint density at radius 2 is 1.79 bits per heavy atom. The zero-order valence-electron chi connectivity index (χ0n) is 21.9. The normalized spacial score (nSPS) is 25.5. The molecule has 3 N–H and O–H groups in total. The molecule has 0 radical (unpaired) electrons. The number of hydrogen-bond acceptors (Lipinski definition) is 5. The van der Waals surface area contributed by atoms with Crippen LogP contribution in [0, 0.1) is 25.7 Å². The summed E-state index contributed by atoms with van der Waals surface area (Å²) in [5.41, 5.74) is 4.56. The minimum atomic E-state index is -1.35. The molecule has 3 amide bonds. The van der Waals surface area contributed by atoms with Gasteiger partial charge in [-0.15, -0.1) is 0 Å². The van der Waals surface area contributed by atoms with Gasteiger partial charge in [-0.3, -0.25) is 19.7 Å². The molecule has 4 aromatic rings. The van der Waals surface area contributed by atoms with Crippen molar-refractivity contribution >= 4 is 40.0 Å². The Labute approximate surface area is 225 Å². The first kappa shape index (κ1) is 23.7. The summed E-state index contributed by atoms with van der Waals surface area (Å²) in [6, 6.07) is 18.4. The maximum absolute atomic E-state index is 14.3. The molecule has 4 heterocycles. The third-order valence-electron chi connectivity index (χ3n) is 8.85. The van der Waals surface area contributed by atoms with Gasteiger partial charge >= 0.3 is 0 Å². The highest BCUT2D eigenvalue weighted by Crippen LogP contribution is 2.55. The van der Waals surface area contributed by atoms with Gasteiger partial charge in [-0.25, -0.2) is 4.90 Å². The number of amides is 3. The van der Waals surface area contributed by atoms with Crippen LogP contribution in [0.25, 0.3) is 10.9 Å². The van der Waals surface area contributed by atoms with Gasteiger partial charge in [-0.05, 0) is 55.2 Å². The molecule has 4 unspecified atom stereocenters. The van der Waals surface area contributed by atoms with Crippen LogP contribution in [0.3, 0.4) is 0 Å². The minimum absolute atomic E-state index is 0.295. The number of aromatic amines is 1. The van der Waals surface area contributed by atoms with Crippen LogP contribution in [0.5, 0.6) is 5.75 Å². The van der Waals surface area contributed by atoms with E-state index in [2.05, 4.69) is 15.6 Å². The van der Waals surface area contributed by atoms with Gasteiger partial charge in [0.05, 0.1) is 24.6 Å². The predicted octanol–water partition coefficient (Wildman–Crippen LogP) is 3.96. The topological polar surface area (TPSA) is 104 Å². The number of imide groups is 1. The molecular formula is C31H28N4O4. The number of para-hydroxylation sites is 1. The van der Waals surface area contributed by atoms with Gasteiger partial charge in [0.25, 0.3) is 0 Å². The largest absolute Gasteiger partial charge is 0.497 e. The Bertz CT molecular complexity index is 1710. The number of hydrogen-bond donors (Lipinski definition) is 3. The lowest BCUT2D eigenvalue weighted by Gasteiger charge is -2.29. The smallest absolute Gasteiger partial charge is 0.250 e. The molecule has 3 aromatic carbocycles. The predicted molar refractivity (Wildman–Crippen MR) is 148 cm³/mol. The lowest BCUT2D eigenvalue weighted by Crippen LogP contribution is -2.53. The fraction of sp³-hybridized carbons (Fsp3) is 0.258. The Morgan fingerprint density at radius 3 is 2.62 bits per heavy atom. The number of H-pyrrole nitrogens is 1. The zero-order chi connectivity index (χ0) is 27.1. The van der Waals surface area contributed by atoms with E-state index in [-0.39, 0.29) is 17.7 Å². The summed E-state index contributed by atoms with van der Waals surface area (Å²) in [5.74, 6) is -2.06. The Morgan fingerprint density at radius 1 is 0.974 bits per heavy atom. The third-order valence-corrected chi connectivity index (χ3v) is 8.85. The number of anilines is 2. The highest BCUT2D eigenvalue weighted by Gasteiger charge is 2.70. The molecule has 3 aliphatic heterocycles. The Balaban J connectivity index is 1.39. The van der Waals surface area contributed by atoms with Crippen LogP contribution >= 0.6 is 0 Å². The van der Waals surface area contributed by atoms with Crippen molar-refractivity contribution in [3.8, 4) is 5.75 Å². The van der Waals surface area contributed by atoms with Gasteiger partial charge in [0.1, 0.15) is 11.3 Å². The number of methoxy groups -OCH3 is 1. The van der Waals surface area contributed by atoms with Crippen LogP contribution in [0.2, 0.25) is 0 Å². The van der Waals surface area contributed by atoms with Gasteiger partial charge in [0, 0.05) is 40.5 Å². The molecule has 8 nitrogen and oxygen atoms in total. The van der Waals surface area contributed by atoms with Gasteiger partial charge in [-0.2, -0.15) is 0 Å². The number of rotatable bonds is 4. The van der Waals surface area contributed by atoms with Crippen LogP contribution in [-0.4, -0.2) is 35.9 Å². The molecule has 3 aliphatic rings. The van der Waals surface area contributed by atoms with Crippen molar-refractivity contribution in [2.24, 2.45) is 11.8 Å². The highest BCUT2D eigenvalue weighted by molar-refractivity contribution is 6.26.